The maximum absolute atomic E-state index is 14.5. The van der Waals surface area contributed by atoms with Crippen molar-refractivity contribution in [1.29, 1.82) is 0 Å². The minimum Gasteiger partial charge on any atom is -0.465 e. The van der Waals surface area contributed by atoms with Crippen molar-refractivity contribution in [3.05, 3.63) is 77.8 Å². The van der Waals surface area contributed by atoms with Crippen molar-refractivity contribution < 1.29 is 23.4 Å². The summed E-state index contributed by atoms with van der Waals surface area (Å²) in [6.07, 6.45) is 1.76. The quantitative estimate of drug-likeness (QED) is 0.564. The van der Waals surface area contributed by atoms with Crippen LogP contribution in [0.5, 0.6) is 0 Å². The van der Waals surface area contributed by atoms with Crippen LogP contribution < -0.4 is 5.32 Å². The topological polar surface area (TPSA) is 76.4 Å². The zero-order valence-electron chi connectivity index (χ0n) is 17.7. The van der Waals surface area contributed by atoms with E-state index < -0.39 is 29.2 Å². The third kappa shape index (κ3) is 4.65. The first-order valence-corrected chi connectivity index (χ1v) is 10.5. The molecule has 4 rings (SSSR count). The van der Waals surface area contributed by atoms with E-state index in [4.69, 9.17) is 4.74 Å². The molecule has 168 valence electrons. The number of rotatable bonds is 6. The van der Waals surface area contributed by atoms with Gasteiger partial charge in [-0.2, -0.15) is 0 Å². The molecule has 1 saturated heterocycles. The third-order valence-corrected chi connectivity index (χ3v) is 6.07. The highest BCUT2D eigenvalue weighted by Crippen LogP contribution is 2.42. The Bertz CT molecular complexity index is 1100. The number of imidazole rings is 1. The van der Waals surface area contributed by atoms with Crippen LogP contribution in [0.2, 0.25) is 0 Å². The van der Waals surface area contributed by atoms with E-state index >= 15 is 0 Å². The number of amides is 1. The molecule has 1 unspecified atom stereocenters. The monoisotopic (exact) mass is 441 g/mol. The van der Waals surface area contributed by atoms with Gasteiger partial charge < -0.3 is 19.7 Å². The molecule has 2 N–H and O–H groups in total. The molecule has 1 aliphatic heterocycles. The van der Waals surface area contributed by atoms with Crippen LogP contribution in [0.15, 0.2) is 54.7 Å². The zero-order valence-corrected chi connectivity index (χ0v) is 17.7. The second-order valence-electron chi connectivity index (χ2n) is 8.37. The molecule has 0 aliphatic carbocycles. The lowest BCUT2D eigenvalue weighted by molar-refractivity contribution is 0.00190. The Kier molecular flexibility index (Phi) is 6.23. The van der Waals surface area contributed by atoms with E-state index in [-0.39, 0.29) is 11.3 Å². The van der Waals surface area contributed by atoms with Gasteiger partial charge in [-0.1, -0.05) is 37.3 Å². The lowest BCUT2D eigenvalue weighted by atomic mass is 9.75. The predicted octanol–water partition coefficient (Wildman–Crippen LogP) is 5.00. The lowest BCUT2D eigenvalue weighted by Crippen LogP contribution is -2.43. The first-order chi connectivity index (χ1) is 15.4. The van der Waals surface area contributed by atoms with Crippen LogP contribution in [-0.4, -0.2) is 34.0 Å². The van der Waals surface area contributed by atoms with E-state index in [2.05, 4.69) is 10.3 Å². The fourth-order valence-electron chi connectivity index (χ4n) is 4.19. The SMILES string of the molecule is CC1(C(NC(=O)O)c2nc(-c3cc(F)ccc3F)cn2Cc2ccccc2)CCOCC1. The maximum Gasteiger partial charge on any atom is 0.405 e. The van der Waals surface area contributed by atoms with Crippen molar-refractivity contribution in [2.75, 3.05) is 13.2 Å². The molecule has 8 heteroatoms. The van der Waals surface area contributed by atoms with Crippen LogP contribution in [0, 0.1) is 17.0 Å². The largest absolute Gasteiger partial charge is 0.465 e. The molecule has 6 nitrogen and oxygen atoms in total. The van der Waals surface area contributed by atoms with Crippen molar-refractivity contribution in [2.45, 2.75) is 32.4 Å². The van der Waals surface area contributed by atoms with E-state index in [9.17, 15) is 18.7 Å². The molecule has 0 radical (unpaired) electrons. The molecular formula is C24H25F2N3O3. The number of hydrogen-bond acceptors (Lipinski definition) is 3. The fraction of sp³-hybridized carbons (Fsp3) is 0.333. The lowest BCUT2D eigenvalue weighted by Gasteiger charge is -2.40. The zero-order chi connectivity index (χ0) is 22.7. The molecule has 0 bridgehead atoms. The summed E-state index contributed by atoms with van der Waals surface area (Å²) in [5.41, 5.74) is 0.808. The fourth-order valence-corrected chi connectivity index (χ4v) is 4.19. The minimum absolute atomic E-state index is 0.0317. The number of carbonyl (C=O) groups is 1. The molecule has 1 aromatic heterocycles. The average molecular weight is 441 g/mol. The van der Waals surface area contributed by atoms with Crippen molar-refractivity contribution in [3.63, 3.8) is 0 Å². The van der Waals surface area contributed by atoms with Crippen molar-refractivity contribution in [2.24, 2.45) is 5.41 Å². The highest BCUT2D eigenvalue weighted by molar-refractivity contribution is 5.65. The Hall–Kier alpha value is -3.26. The molecule has 0 spiro atoms. The summed E-state index contributed by atoms with van der Waals surface area (Å²) in [5, 5.41) is 12.2. The van der Waals surface area contributed by atoms with E-state index in [0.717, 1.165) is 23.8 Å². The van der Waals surface area contributed by atoms with Gasteiger partial charge in [-0.05, 0) is 42.0 Å². The van der Waals surface area contributed by atoms with Crippen LogP contribution in [0.1, 0.15) is 37.2 Å². The van der Waals surface area contributed by atoms with Crippen LogP contribution in [-0.2, 0) is 11.3 Å². The second-order valence-corrected chi connectivity index (χ2v) is 8.37. The summed E-state index contributed by atoms with van der Waals surface area (Å²) >= 11 is 0. The Morgan fingerprint density at radius 1 is 1.22 bits per heavy atom. The third-order valence-electron chi connectivity index (χ3n) is 6.07. The highest BCUT2D eigenvalue weighted by atomic mass is 19.1. The molecule has 1 amide bonds. The Morgan fingerprint density at radius 3 is 2.62 bits per heavy atom. The molecule has 3 aromatic rings. The van der Waals surface area contributed by atoms with E-state index in [1.807, 2.05) is 41.8 Å². The van der Waals surface area contributed by atoms with Crippen LogP contribution in [0.25, 0.3) is 11.3 Å². The first kappa shape index (κ1) is 22.0. The molecule has 1 aliphatic rings. The van der Waals surface area contributed by atoms with Gasteiger partial charge in [0.2, 0.25) is 0 Å². The van der Waals surface area contributed by atoms with Gasteiger partial charge in [0.25, 0.3) is 0 Å². The first-order valence-electron chi connectivity index (χ1n) is 10.5. The minimum atomic E-state index is -1.17. The maximum atomic E-state index is 14.5. The number of aromatic nitrogens is 2. The van der Waals surface area contributed by atoms with E-state index in [1.54, 1.807) is 6.20 Å². The van der Waals surface area contributed by atoms with Gasteiger partial charge in [0.15, 0.2) is 0 Å². The number of benzene rings is 2. The summed E-state index contributed by atoms with van der Waals surface area (Å²) in [6.45, 7) is 3.43. The van der Waals surface area contributed by atoms with Crippen LogP contribution >= 0.6 is 0 Å². The summed E-state index contributed by atoms with van der Waals surface area (Å²) in [7, 11) is 0. The number of nitrogens with zero attached hydrogens (tertiary/aromatic N) is 2. The summed E-state index contributed by atoms with van der Waals surface area (Å²) in [4.78, 5) is 16.4. The van der Waals surface area contributed by atoms with Gasteiger partial charge in [-0.15, -0.1) is 0 Å². The Balaban J connectivity index is 1.84. The molecule has 0 saturated carbocycles. The number of carboxylic acid groups (broad SMARTS) is 1. The molecule has 32 heavy (non-hydrogen) atoms. The highest BCUT2D eigenvalue weighted by Gasteiger charge is 2.41. The summed E-state index contributed by atoms with van der Waals surface area (Å²) in [5.74, 6) is -0.709. The van der Waals surface area contributed by atoms with E-state index in [1.165, 1.54) is 0 Å². The van der Waals surface area contributed by atoms with Gasteiger partial charge in [0.05, 0.1) is 11.7 Å². The van der Waals surface area contributed by atoms with Crippen LogP contribution in [0.4, 0.5) is 13.6 Å². The molecule has 2 heterocycles. The number of halogens is 2. The standard InChI is InChI=1S/C24H25F2N3O3/c1-24(9-11-32-12-10-24)21(28-23(30)31)22-27-20(18-13-17(25)7-8-19(18)26)15-29(22)14-16-5-3-2-4-6-16/h2-8,13,15,21,28H,9-12,14H2,1H3,(H,30,31). The van der Waals surface area contributed by atoms with Gasteiger partial charge in [0.1, 0.15) is 17.5 Å². The molecule has 2 aromatic carbocycles. The van der Waals surface area contributed by atoms with Gasteiger partial charge in [-0.3, -0.25) is 0 Å². The van der Waals surface area contributed by atoms with Crippen molar-refractivity contribution >= 4 is 6.09 Å². The van der Waals surface area contributed by atoms with Crippen LogP contribution in [0.3, 0.4) is 0 Å². The van der Waals surface area contributed by atoms with Crippen molar-refractivity contribution in [1.82, 2.24) is 14.9 Å². The second kappa shape index (κ2) is 9.08. The summed E-state index contributed by atoms with van der Waals surface area (Å²) in [6, 6.07) is 12.2. The summed E-state index contributed by atoms with van der Waals surface area (Å²) < 4.78 is 35.7. The molecule has 1 fully saturated rings. The van der Waals surface area contributed by atoms with Gasteiger partial charge in [-0.25, -0.2) is 18.6 Å². The smallest absolute Gasteiger partial charge is 0.405 e. The number of nitrogens with one attached hydrogen (secondary N) is 1. The van der Waals surface area contributed by atoms with Gasteiger partial charge in [0, 0.05) is 31.5 Å². The number of ether oxygens (including phenoxy) is 1. The van der Waals surface area contributed by atoms with E-state index in [0.29, 0.717) is 38.4 Å². The average Bonchev–Trinajstić information content (AvgIpc) is 3.17. The predicted molar refractivity (Wildman–Crippen MR) is 115 cm³/mol. The Morgan fingerprint density at radius 2 is 1.94 bits per heavy atom. The van der Waals surface area contributed by atoms with Crippen molar-refractivity contribution in [3.8, 4) is 11.3 Å². The molecule has 1 atom stereocenters. The Labute approximate surface area is 184 Å². The number of hydrogen-bond donors (Lipinski definition) is 2. The molecular weight excluding hydrogens is 416 g/mol. The normalized spacial score (nSPS) is 16.5. The van der Waals surface area contributed by atoms with Gasteiger partial charge >= 0.3 is 6.09 Å².